The third-order valence-corrected chi connectivity index (χ3v) is 3.16. The van der Waals surface area contributed by atoms with Crippen LogP contribution in [0.1, 0.15) is 53.0 Å². The Kier molecular flexibility index (Phi) is 7.23. The summed E-state index contributed by atoms with van der Waals surface area (Å²) in [7, 11) is 0. The Hall–Kier alpha value is -1.55. The third-order valence-electron chi connectivity index (χ3n) is 3.16. The van der Waals surface area contributed by atoms with Crippen LogP contribution < -0.4 is 14.8 Å². The van der Waals surface area contributed by atoms with Crippen molar-refractivity contribution < 1.29 is 9.47 Å². The smallest absolute Gasteiger partial charge is 0.222 e. The molecule has 0 aromatic carbocycles. The molecule has 1 rings (SSSR count). The molecule has 0 aliphatic heterocycles. The van der Waals surface area contributed by atoms with E-state index in [1.807, 2.05) is 19.9 Å². The Bertz CT molecular complexity index is 470. The van der Waals surface area contributed by atoms with Crippen LogP contribution in [-0.4, -0.2) is 18.7 Å². The number of pyridine rings is 1. The van der Waals surface area contributed by atoms with Crippen LogP contribution in [0.3, 0.4) is 0 Å². The van der Waals surface area contributed by atoms with Gasteiger partial charge in [-0.2, -0.15) is 4.73 Å². The number of ether oxygens (including phenoxy) is 1. The molecule has 1 aromatic heterocycles. The van der Waals surface area contributed by atoms with Gasteiger partial charge in [0.1, 0.15) is 0 Å². The zero-order valence-corrected chi connectivity index (χ0v) is 13.8. The van der Waals surface area contributed by atoms with E-state index in [0.717, 1.165) is 29.7 Å². The SMILES string of the molecule is CCN[C@@H](C)CC(=Cc1cc(OC(C)C)c[n+]([O-])c1)CC. The molecule has 0 unspecified atom stereocenters. The predicted molar refractivity (Wildman–Crippen MR) is 87.2 cm³/mol. The Labute approximate surface area is 128 Å². The van der Waals surface area contributed by atoms with E-state index in [9.17, 15) is 5.21 Å². The van der Waals surface area contributed by atoms with Gasteiger partial charge in [0.15, 0.2) is 11.9 Å². The van der Waals surface area contributed by atoms with E-state index >= 15 is 0 Å². The van der Waals surface area contributed by atoms with Crippen molar-refractivity contribution in [1.82, 2.24) is 5.32 Å². The summed E-state index contributed by atoms with van der Waals surface area (Å²) >= 11 is 0. The lowest BCUT2D eigenvalue weighted by Crippen LogP contribution is -2.26. The molecule has 1 atom stereocenters. The van der Waals surface area contributed by atoms with Crippen molar-refractivity contribution in [2.75, 3.05) is 6.54 Å². The molecular formula is C17H28N2O2. The van der Waals surface area contributed by atoms with Crippen LogP contribution in [0, 0.1) is 5.21 Å². The summed E-state index contributed by atoms with van der Waals surface area (Å²) in [4.78, 5) is 0. The number of aromatic nitrogens is 1. The standard InChI is InChI=1S/C17H28N2O2/c1-6-15(8-14(5)18-7-2)9-16-10-17(21-13(3)4)12-19(20)11-16/h9-14,18H,6-8H2,1-5H3/t14-/m0/s1. The molecule has 0 bridgehead atoms. The zero-order valence-electron chi connectivity index (χ0n) is 13.8. The minimum atomic E-state index is 0.0589. The molecule has 0 amide bonds. The maximum atomic E-state index is 11.7. The summed E-state index contributed by atoms with van der Waals surface area (Å²) in [5.41, 5.74) is 2.22. The van der Waals surface area contributed by atoms with E-state index in [1.54, 1.807) is 6.20 Å². The van der Waals surface area contributed by atoms with Crippen LogP contribution in [0.4, 0.5) is 0 Å². The summed E-state index contributed by atoms with van der Waals surface area (Å²) in [6, 6.07) is 2.36. The number of hydrogen-bond donors (Lipinski definition) is 1. The highest BCUT2D eigenvalue weighted by atomic mass is 16.5. The van der Waals surface area contributed by atoms with E-state index in [4.69, 9.17) is 4.74 Å². The van der Waals surface area contributed by atoms with Crippen molar-refractivity contribution in [3.05, 3.63) is 34.8 Å². The lowest BCUT2D eigenvalue weighted by molar-refractivity contribution is -0.606. The van der Waals surface area contributed by atoms with Gasteiger partial charge in [0, 0.05) is 11.6 Å². The first-order valence-electron chi connectivity index (χ1n) is 7.77. The fourth-order valence-corrected chi connectivity index (χ4v) is 2.32. The zero-order chi connectivity index (χ0) is 15.8. The molecule has 0 spiro atoms. The monoisotopic (exact) mass is 292 g/mol. The molecule has 1 aromatic rings. The second-order valence-electron chi connectivity index (χ2n) is 5.65. The topological polar surface area (TPSA) is 48.2 Å². The van der Waals surface area contributed by atoms with Gasteiger partial charge in [-0.25, -0.2) is 0 Å². The van der Waals surface area contributed by atoms with Crippen LogP contribution in [0.15, 0.2) is 24.0 Å². The minimum absolute atomic E-state index is 0.0589. The molecule has 4 heteroatoms. The summed E-state index contributed by atoms with van der Waals surface area (Å²) < 4.78 is 6.42. The third kappa shape index (κ3) is 6.63. The van der Waals surface area contributed by atoms with Gasteiger partial charge < -0.3 is 15.3 Å². The first kappa shape index (κ1) is 17.5. The highest BCUT2D eigenvalue weighted by Gasteiger charge is 2.08. The first-order valence-corrected chi connectivity index (χ1v) is 7.77. The number of rotatable bonds is 8. The van der Waals surface area contributed by atoms with Crippen LogP contribution in [-0.2, 0) is 0 Å². The average molecular weight is 292 g/mol. The van der Waals surface area contributed by atoms with Gasteiger partial charge in [-0.3, -0.25) is 0 Å². The van der Waals surface area contributed by atoms with E-state index in [-0.39, 0.29) is 6.10 Å². The number of nitrogens with one attached hydrogen (secondary N) is 1. The lowest BCUT2D eigenvalue weighted by atomic mass is 10.0. The van der Waals surface area contributed by atoms with Crippen molar-refractivity contribution in [2.45, 2.75) is 59.6 Å². The van der Waals surface area contributed by atoms with Crippen molar-refractivity contribution in [3.8, 4) is 5.75 Å². The number of nitrogens with zero attached hydrogens (tertiary/aromatic N) is 1. The fourth-order valence-electron chi connectivity index (χ4n) is 2.32. The second-order valence-corrected chi connectivity index (χ2v) is 5.65. The number of hydrogen-bond acceptors (Lipinski definition) is 3. The maximum Gasteiger partial charge on any atom is 0.222 e. The molecule has 4 nitrogen and oxygen atoms in total. The minimum Gasteiger partial charge on any atom is -0.619 e. The molecule has 1 heterocycles. The van der Waals surface area contributed by atoms with Crippen molar-refractivity contribution in [2.24, 2.45) is 0 Å². The summed E-state index contributed by atoms with van der Waals surface area (Å²) in [6.45, 7) is 11.3. The summed E-state index contributed by atoms with van der Waals surface area (Å²) in [5.74, 6) is 0.615. The van der Waals surface area contributed by atoms with E-state index in [0.29, 0.717) is 11.8 Å². The first-order chi connectivity index (χ1) is 9.94. The van der Waals surface area contributed by atoms with Gasteiger partial charge in [0.25, 0.3) is 0 Å². The highest BCUT2D eigenvalue weighted by Crippen LogP contribution is 2.18. The normalized spacial score (nSPS) is 13.5. The molecule has 0 aliphatic rings. The molecule has 0 saturated heterocycles. The molecule has 0 fully saturated rings. The van der Waals surface area contributed by atoms with Crippen molar-refractivity contribution in [1.29, 1.82) is 0 Å². The Balaban J connectivity index is 2.91. The van der Waals surface area contributed by atoms with Gasteiger partial charge in [0.05, 0.1) is 6.10 Å². The molecule has 0 aliphatic carbocycles. The summed E-state index contributed by atoms with van der Waals surface area (Å²) in [5, 5.41) is 15.1. The quantitative estimate of drug-likeness (QED) is 0.591. The van der Waals surface area contributed by atoms with Gasteiger partial charge in [-0.1, -0.05) is 19.4 Å². The largest absolute Gasteiger partial charge is 0.619 e. The van der Waals surface area contributed by atoms with Crippen molar-refractivity contribution >= 4 is 6.08 Å². The van der Waals surface area contributed by atoms with Gasteiger partial charge >= 0.3 is 0 Å². The molecule has 0 saturated carbocycles. The molecule has 0 radical (unpaired) electrons. The second kappa shape index (κ2) is 8.67. The Morgan fingerprint density at radius 3 is 2.62 bits per heavy atom. The summed E-state index contributed by atoms with van der Waals surface area (Å²) in [6.07, 6.45) is 7.16. The highest BCUT2D eigenvalue weighted by molar-refractivity contribution is 5.52. The van der Waals surface area contributed by atoms with Crippen molar-refractivity contribution in [3.63, 3.8) is 0 Å². The van der Waals surface area contributed by atoms with Crippen LogP contribution in [0.2, 0.25) is 0 Å². The van der Waals surface area contributed by atoms with E-state index in [1.165, 1.54) is 11.8 Å². The fraction of sp³-hybridized carbons (Fsp3) is 0.588. The van der Waals surface area contributed by atoms with E-state index < -0.39 is 0 Å². The van der Waals surface area contributed by atoms with Crippen LogP contribution in [0.25, 0.3) is 6.08 Å². The average Bonchev–Trinajstić information content (AvgIpc) is 2.36. The van der Waals surface area contributed by atoms with Gasteiger partial charge in [-0.15, -0.1) is 0 Å². The molecule has 118 valence electrons. The maximum absolute atomic E-state index is 11.7. The van der Waals surface area contributed by atoms with Gasteiger partial charge in [-0.05, 0) is 52.3 Å². The Morgan fingerprint density at radius 2 is 2.05 bits per heavy atom. The Morgan fingerprint density at radius 1 is 1.33 bits per heavy atom. The molecule has 1 N–H and O–H groups in total. The molecule has 21 heavy (non-hydrogen) atoms. The molecular weight excluding hydrogens is 264 g/mol. The van der Waals surface area contributed by atoms with Crippen LogP contribution >= 0.6 is 0 Å². The lowest BCUT2D eigenvalue weighted by Gasteiger charge is -2.14. The van der Waals surface area contributed by atoms with E-state index in [2.05, 4.69) is 32.2 Å². The predicted octanol–water partition coefficient (Wildman–Crippen LogP) is 3.29. The van der Waals surface area contributed by atoms with Crippen LogP contribution in [0.5, 0.6) is 5.75 Å². The van der Waals surface area contributed by atoms with Gasteiger partial charge in [0.2, 0.25) is 6.20 Å².